The zero-order valence-corrected chi connectivity index (χ0v) is 12.6. The van der Waals surface area contributed by atoms with Crippen LogP contribution in [0.2, 0.25) is 0 Å². The molecule has 1 heterocycles. The molecule has 0 saturated carbocycles. The summed E-state index contributed by atoms with van der Waals surface area (Å²) in [5, 5.41) is 0. The van der Waals surface area contributed by atoms with E-state index in [9.17, 15) is 0 Å². The molecular formula is C18H22N2O. The van der Waals surface area contributed by atoms with Crippen molar-refractivity contribution in [2.24, 2.45) is 5.73 Å². The van der Waals surface area contributed by atoms with E-state index in [1.165, 1.54) is 16.7 Å². The lowest BCUT2D eigenvalue weighted by Crippen LogP contribution is -2.39. The van der Waals surface area contributed by atoms with Gasteiger partial charge < -0.3 is 10.5 Å². The van der Waals surface area contributed by atoms with E-state index in [-0.39, 0.29) is 0 Å². The number of methoxy groups -OCH3 is 1. The average Bonchev–Trinajstić information content (AvgIpc) is 2.54. The van der Waals surface area contributed by atoms with Gasteiger partial charge in [0.2, 0.25) is 0 Å². The van der Waals surface area contributed by atoms with E-state index in [1.54, 1.807) is 7.11 Å². The van der Waals surface area contributed by atoms with Crippen LogP contribution in [-0.4, -0.2) is 32.1 Å². The number of nitrogens with zero attached hydrogens (tertiary/aromatic N) is 1. The molecule has 0 spiro atoms. The molecule has 0 saturated heterocycles. The van der Waals surface area contributed by atoms with Gasteiger partial charge in [-0.25, -0.2) is 0 Å². The molecule has 2 aromatic carbocycles. The molecule has 2 atom stereocenters. The number of rotatable bonds is 3. The molecule has 3 nitrogen and oxygen atoms in total. The first-order valence-corrected chi connectivity index (χ1v) is 7.37. The molecule has 2 aromatic rings. The Morgan fingerprint density at radius 3 is 2.62 bits per heavy atom. The summed E-state index contributed by atoms with van der Waals surface area (Å²) in [6.45, 7) is 1.63. The summed E-state index contributed by atoms with van der Waals surface area (Å²) in [4.78, 5) is 2.35. The first-order chi connectivity index (χ1) is 10.2. The largest absolute Gasteiger partial charge is 0.497 e. The molecule has 2 unspecified atom stereocenters. The Morgan fingerprint density at radius 1 is 1.14 bits per heavy atom. The van der Waals surface area contributed by atoms with Crippen LogP contribution in [0.15, 0.2) is 48.5 Å². The first kappa shape index (κ1) is 14.1. The third-order valence-electron chi connectivity index (χ3n) is 4.45. The minimum absolute atomic E-state index is 0.308. The van der Waals surface area contributed by atoms with Crippen molar-refractivity contribution in [3.63, 3.8) is 0 Å². The second-order valence-corrected chi connectivity index (χ2v) is 5.65. The van der Waals surface area contributed by atoms with E-state index in [2.05, 4.69) is 54.4 Å². The highest BCUT2D eigenvalue weighted by Crippen LogP contribution is 2.38. The zero-order valence-electron chi connectivity index (χ0n) is 12.6. The lowest BCUT2D eigenvalue weighted by atomic mass is 9.81. The van der Waals surface area contributed by atoms with Crippen molar-refractivity contribution in [1.82, 2.24) is 4.90 Å². The molecule has 2 N–H and O–H groups in total. The highest BCUT2D eigenvalue weighted by Gasteiger charge is 2.30. The Bertz CT molecular complexity index is 626. The third-order valence-corrected chi connectivity index (χ3v) is 4.45. The van der Waals surface area contributed by atoms with Crippen LogP contribution in [0, 0.1) is 0 Å². The highest BCUT2D eigenvalue weighted by atomic mass is 16.5. The van der Waals surface area contributed by atoms with E-state index in [0.29, 0.717) is 18.5 Å². The third kappa shape index (κ3) is 2.55. The minimum atomic E-state index is 0.308. The van der Waals surface area contributed by atoms with Crippen molar-refractivity contribution < 1.29 is 4.74 Å². The number of ether oxygens (including phenoxy) is 1. The Labute approximate surface area is 126 Å². The maximum absolute atomic E-state index is 5.98. The summed E-state index contributed by atoms with van der Waals surface area (Å²) < 4.78 is 5.37. The molecule has 3 rings (SSSR count). The van der Waals surface area contributed by atoms with Gasteiger partial charge >= 0.3 is 0 Å². The average molecular weight is 282 g/mol. The van der Waals surface area contributed by atoms with Crippen LogP contribution in [0.5, 0.6) is 5.75 Å². The van der Waals surface area contributed by atoms with Gasteiger partial charge in [0.15, 0.2) is 0 Å². The normalized spacial score (nSPS) is 21.9. The van der Waals surface area contributed by atoms with Crippen molar-refractivity contribution in [3.8, 4) is 5.75 Å². The van der Waals surface area contributed by atoms with Crippen molar-refractivity contribution in [2.45, 2.75) is 12.0 Å². The van der Waals surface area contributed by atoms with E-state index in [1.807, 2.05) is 6.07 Å². The minimum Gasteiger partial charge on any atom is -0.497 e. The number of likely N-dealkylation sites (N-methyl/N-ethyl adjacent to an activating group) is 1. The predicted octanol–water partition coefficient (Wildman–Crippen LogP) is 2.77. The van der Waals surface area contributed by atoms with E-state index >= 15 is 0 Å². The first-order valence-electron chi connectivity index (χ1n) is 7.37. The smallest absolute Gasteiger partial charge is 0.119 e. The van der Waals surface area contributed by atoms with Crippen LogP contribution in [0.1, 0.15) is 28.7 Å². The molecule has 0 bridgehead atoms. The molecule has 0 aliphatic carbocycles. The Hall–Kier alpha value is -1.84. The number of hydrogen-bond acceptors (Lipinski definition) is 3. The maximum Gasteiger partial charge on any atom is 0.119 e. The number of nitrogens with two attached hydrogens (primary N) is 1. The van der Waals surface area contributed by atoms with Gasteiger partial charge in [0.05, 0.1) is 7.11 Å². The fourth-order valence-corrected chi connectivity index (χ4v) is 3.33. The van der Waals surface area contributed by atoms with Gasteiger partial charge in [-0.3, -0.25) is 4.90 Å². The quantitative estimate of drug-likeness (QED) is 0.941. The second kappa shape index (κ2) is 5.88. The summed E-state index contributed by atoms with van der Waals surface area (Å²) in [5.41, 5.74) is 10.0. The predicted molar refractivity (Wildman–Crippen MR) is 85.7 cm³/mol. The fraction of sp³-hybridized carbons (Fsp3) is 0.333. The summed E-state index contributed by atoms with van der Waals surface area (Å²) >= 11 is 0. The fourth-order valence-electron chi connectivity index (χ4n) is 3.33. The van der Waals surface area contributed by atoms with Crippen LogP contribution >= 0.6 is 0 Å². The molecule has 3 heteroatoms. The topological polar surface area (TPSA) is 38.5 Å². The molecule has 110 valence electrons. The number of fused-ring (bicyclic) bond motifs is 1. The summed E-state index contributed by atoms with van der Waals surface area (Å²) in [5.74, 6) is 1.28. The summed E-state index contributed by atoms with van der Waals surface area (Å²) in [6.07, 6.45) is 0. The molecule has 21 heavy (non-hydrogen) atoms. The molecule has 1 aliphatic rings. The van der Waals surface area contributed by atoms with Gasteiger partial charge in [-0.2, -0.15) is 0 Å². The lowest BCUT2D eigenvalue weighted by Gasteiger charge is -2.39. The van der Waals surface area contributed by atoms with Gasteiger partial charge in [-0.15, -0.1) is 0 Å². The molecule has 0 aromatic heterocycles. The SMILES string of the molecule is COc1cccc(C2CN(C)C(CN)c3ccccc32)c1. The van der Waals surface area contributed by atoms with Crippen molar-refractivity contribution >= 4 is 0 Å². The maximum atomic E-state index is 5.98. The Morgan fingerprint density at radius 2 is 1.90 bits per heavy atom. The second-order valence-electron chi connectivity index (χ2n) is 5.65. The highest BCUT2D eigenvalue weighted by molar-refractivity contribution is 5.44. The van der Waals surface area contributed by atoms with Crippen LogP contribution in [0.4, 0.5) is 0 Å². The molecule has 0 fully saturated rings. The van der Waals surface area contributed by atoms with Crippen LogP contribution < -0.4 is 10.5 Å². The van der Waals surface area contributed by atoms with Gasteiger partial charge in [-0.1, -0.05) is 36.4 Å². The number of hydrogen-bond donors (Lipinski definition) is 1. The Kier molecular flexibility index (Phi) is 3.95. The van der Waals surface area contributed by atoms with E-state index in [4.69, 9.17) is 10.5 Å². The lowest BCUT2D eigenvalue weighted by molar-refractivity contribution is 0.223. The summed E-state index contributed by atoms with van der Waals surface area (Å²) in [6, 6.07) is 17.3. The van der Waals surface area contributed by atoms with Crippen LogP contribution in [-0.2, 0) is 0 Å². The van der Waals surface area contributed by atoms with Gasteiger partial charge in [0, 0.05) is 25.0 Å². The van der Waals surface area contributed by atoms with Gasteiger partial charge in [0.1, 0.15) is 5.75 Å². The Balaban J connectivity index is 2.07. The van der Waals surface area contributed by atoms with E-state index < -0.39 is 0 Å². The van der Waals surface area contributed by atoms with Crippen molar-refractivity contribution in [2.75, 3.05) is 27.2 Å². The molecule has 0 radical (unpaired) electrons. The number of benzene rings is 2. The van der Waals surface area contributed by atoms with Crippen molar-refractivity contribution in [1.29, 1.82) is 0 Å². The zero-order chi connectivity index (χ0) is 14.8. The van der Waals surface area contributed by atoms with Crippen LogP contribution in [0.3, 0.4) is 0 Å². The van der Waals surface area contributed by atoms with Gasteiger partial charge in [0.25, 0.3) is 0 Å². The summed E-state index contributed by atoms with van der Waals surface area (Å²) in [7, 11) is 3.87. The molecule has 0 amide bonds. The molecular weight excluding hydrogens is 260 g/mol. The van der Waals surface area contributed by atoms with Crippen molar-refractivity contribution in [3.05, 3.63) is 65.2 Å². The van der Waals surface area contributed by atoms with Gasteiger partial charge in [-0.05, 0) is 35.9 Å². The van der Waals surface area contributed by atoms with Crippen LogP contribution in [0.25, 0.3) is 0 Å². The van der Waals surface area contributed by atoms with E-state index in [0.717, 1.165) is 12.3 Å². The monoisotopic (exact) mass is 282 g/mol. The standard InChI is InChI=1S/C18H22N2O/c1-20-12-17(13-6-5-7-14(10-13)21-2)15-8-3-4-9-16(15)18(20)11-19/h3-10,17-18H,11-12,19H2,1-2H3. The molecule has 1 aliphatic heterocycles.